The smallest absolute Gasteiger partial charge is 0.306 e. The molecule has 1 heterocycles. The molecule has 1 saturated carbocycles. The molecule has 0 aromatic carbocycles. The lowest BCUT2D eigenvalue weighted by molar-refractivity contribution is -0.154. The molecule has 0 spiro atoms. The van der Waals surface area contributed by atoms with Crippen molar-refractivity contribution in [2.75, 3.05) is 13.1 Å². The largest absolute Gasteiger partial charge is 0.460 e. The Hall–Kier alpha value is -1.49. The van der Waals surface area contributed by atoms with Gasteiger partial charge in [-0.2, -0.15) is 0 Å². The van der Waals surface area contributed by atoms with E-state index in [1.54, 1.807) is 0 Å². The quantitative estimate of drug-likeness (QED) is 0.591. The van der Waals surface area contributed by atoms with Crippen LogP contribution >= 0.6 is 0 Å². The number of hydrogen-bond acceptors (Lipinski definition) is 5. The van der Waals surface area contributed by atoms with Crippen molar-refractivity contribution in [1.29, 1.82) is 0 Å². The van der Waals surface area contributed by atoms with Crippen LogP contribution in [0.25, 0.3) is 0 Å². The van der Waals surface area contributed by atoms with Crippen molar-refractivity contribution in [3.05, 3.63) is 23.8 Å². The Morgan fingerprint density at radius 3 is 2.55 bits per heavy atom. The molecule has 0 saturated heterocycles. The van der Waals surface area contributed by atoms with E-state index < -0.39 is 5.60 Å². The fourth-order valence-corrected chi connectivity index (χ4v) is 2.15. The van der Waals surface area contributed by atoms with Crippen molar-refractivity contribution >= 4 is 5.97 Å². The SMILES string of the molecule is CC(C)(C)OC(=O)CCCNCCc1cnc(C2CC2)nc1. The first-order valence-corrected chi connectivity index (χ1v) is 8.17. The van der Waals surface area contributed by atoms with Gasteiger partial charge in [0, 0.05) is 24.7 Å². The van der Waals surface area contributed by atoms with Crippen LogP contribution in [0, 0.1) is 0 Å². The number of nitrogens with one attached hydrogen (secondary N) is 1. The van der Waals surface area contributed by atoms with Gasteiger partial charge in [-0.1, -0.05) is 0 Å². The normalized spacial score (nSPS) is 14.9. The summed E-state index contributed by atoms with van der Waals surface area (Å²) < 4.78 is 5.27. The van der Waals surface area contributed by atoms with E-state index in [1.807, 2.05) is 33.2 Å². The third kappa shape index (κ3) is 6.52. The molecular weight excluding hydrogens is 278 g/mol. The minimum Gasteiger partial charge on any atom is -0.460 e. The molecule has 22 heavy (non-hydrogen) atoms. The zero-order valence-electron chi connectivity index (χ0n) is 13.9. The van der Waals surface area contributed by atoms with Crippen molar-refractivity contribution in [3.63, 3.8) is 0 Å². The second-order valence-electron chi connectivity index (χ2n) is 6.91. The van der Waals surface area contributed by atoms with Crippen LogP contribution in [0.15, 0.2) is 12.4 Å². The highest BCUT2D eigenvalue weighted by atomic mass is 16.6. The Morgan fingerprint density at radius 2 is 1.95 bits per heavy atom. The highest BCUT2D eigenvalue weighted by molar-refractivity contribution is 5.69. The summed E-state index contributed by atoms with van der Waals surface area (Å²) in [5.74, 6) is 1.48. The predicted molar refractivity (Wildman–Crippen MR) is 85.7 cm³/mol. The van der Waals surface area contributed by atoms with Gasteiger partial charge in [0.2, 0.25) is 0 Å². The van der Waals surface area contributed by atoms with Crippen molar-refractivity contribution in [2.24, 2.45) is 0 Å². The van der Waals surface area contributed by atoms with Crippen molar-refractivity contribution in [3.8, 4) is 0 Å². The molecule has 0 radical (unpaired) electrons. The summed E-state index contributed by atoms with van der Waals surface area (Å²) in [6.07, 6.45) is 8.51. The summed E-state index contributed by atoms with van der Waals surface area (Å²) in [7, 11) is 0. The van der Waals surface area contributed by atoms with Crippen LogP contribution in [0.3, 0.4) is 0 Å². The highest BCUT2D eigenvalue weighted by Crippen LogP contribution is 2.37. The monoisotopic (exact) mass is 305 g/mol. The van der Waals surface area contributed by atoms with Crippen LogP contribution in [-0.4, -0.2) is 34.6 Å². The average Bonchev–Trinajstić information content (AvgIpc) is 3.26. The zero-order valence-corrected chi connectivity index (χ0v) is 13.9. The van der Waals surface area contributed by atoms with Crippen LogP contribution in [0.1, 0.15) is 63.8 Å². The maximum absolute atomic E-state index is 11.5. The van der Waals surface area contributed by atoms with Crippen LogP contribution in [-0.2, 0) is 16.0 Å². The molecule has 0 unspecified atom stereocenters. The number of hydrogen-bond donors (Lipinski definition) is 1. The number of rotatable bonds is 8. The lowest BCUT2D eigenvalue weighted by Gasteiger charge is -2.19. The molecule has 1 fully saturated rings. The third-order valence-corrected chi connectivity index (χ3v) is 3.41. The van der Waals surface area contributed by atoms with E-state index in [1.165, 1.54) is 12.8 Å². The van der Waals surface area contributed by atoms with Gasteiger partial charge in [-0.15, -0.1) is 0 Å². The lowest BCUT2D eigenvalue weighted by atomic mass is 10.2. The molecule has 1 aromatic heterocycles. The van der Waals surface area contributed by atoms with E-state index in [2.05, 4.69) is 15.3 Å². The average molecular weight is 305 g/mol. The fraction of sp³-hybridized carbons (Fsp3) is 0.706. The first-order valence-electron chi connectivity index (χ1n) is 8.17. The number of esters is 1. The first-order chi connectivity index (χ1) is 10.4. The molecule has 2 rings (SSSR count). The number of nitrogens with zero attached hydrogens (tertiary/aromatic N) is 2. The Kier molecular flexibility index (Phi) is 5.89. The highest BCUT2D eigenvalue weighted by Gasteiger charge is 2.25. The Balaban J connectivity index is 1.52. The number of carbonyl (C=O) groups excluding carboxylic acids is 1. The molecule has 1 aliphatic rings. The van der Waals surface area contributed by atoms with Crippen LogP contribution in [0.4, 0.5) is 0 Å². The Labute approximate surface area is 132 Å². The van der Waals surface area contributed by atoms with Gasteiger partial charge >= 0.3 is 5.97 Å². The van der Waals surface area contributed by atoms with Gasteiger partial charge in [0.15, 0.2) is 0 Å². The minimum atomic E-state index is -0.392. The molecule has 5 heteroatoms. The summed E-state index contributed by atoms with van der Waals surface area (Å²) in [6, 6.07) is 0. The van der Waals surface area contributed by atoms with Crippen LogP contribution < -0.4 is 5.32 Å². The Morgan fingerprint density at radius 1 is 1.27 bits per heavy atom. The van der Waals surface area contributed by atoms with Gasteiger partial charge in [-0.25, -0.2) is 9.97 Å². The van der Waals surface area contributed by atoms with Crippen LogP contribution in [0.5, 0.6) is 0 Å². The van der Waals surface area contributed by atoms with E-state index in [4.69, 9.17) is 4.74 Å². The molecule has 1 aromatic rings. The third-order valence-electron chi connectivity index (χ3n) is 3.41. The number of carbonyl (C=O) groups is 1. The Bertz CT molecular complexity index is 476. The lowest BCUT2D eigenvalue weighted by Crippen LogP contribution is -2.25. The molecule has 0 atom stereocenters. The van der Waals surface area contributed by atoms with E-state index in [0.29, 0.717) is 12.3 Å². The van der Waals surface area contributed by atoms with Crippen molar-refractivity contribution in [2.45, 2.75) is 64.4 Å². The van der Waals surface area contributed by atoms with Crippen molar-refractivity contribution < 1.29 is 9.53 Å². The van der Waals surface area contributed by atoms with Crippen LogP contribution in [0.2, 0.25) is 0 Å². The molecule has 0 aliphatic heterocycles. The van der Waals surface area contributed by atoms with Gasteiger partial charge in [-0.3, -0.25) is 4.79 Å². The molecule has 1 N–H and O–H groups in total. The zero-order chi connectivity index (χ0) is 16.0. The predicted octanol–water partition coefficient (Wildman–Crippen LogP) is 2.61. The summed E-state index contributed by atoms with van der Waals surface area (Å²) in [4.78, 5) is 20.4. The second-order valence-corrected chi connectivity index (χ2v) is 6.91. The topological polar surface area (TPSA) is 64.1 Å². The summed E-state index contributed by atoms with van der Waals surface area (Å²) in [6.45, 7) is 7.36. The van der Waals surface area contributed by atoms with Gasteiger partial charge in [0.05, 0.1) is 0 Å². The van der Waals surface area contributed by atoms with Gasteiger partial charge in [-0.05, 0) is 65.1 Å². The first kappa shape index (κ1) is 16.9. The van der Waals surface area contributed by atoms with Crippen molar-refractivity contribution in [1.82, 2.24) is 15.3 Å². The second kappa shape index (κ2) is 7.68. The van der Waals surface area contributed by atoms with Gasteiger partial charge in [0.1, 0.15) is 11.4 Å². The van der Waals surface area contributed by atoms with E-state index >= 15 is 0 Å². The van der Waals surface area contributed by atoms with E-state index in [9.17, 15) is 4.79 Å². The minimum absolute atomic E-state index is 0.127. The molecular formula is C17H27N3O2. The fourth-order valence-electron chi connectivity index (χ4n) is 2.15. The standard InChI is InChI=1S/C17H27N3O2/c1-17(2,3)22-15(21)5-4-9-18-10-8-13-11-19-16(20-12-13)14-6-7-14/h11-12,14,18H,4-10H2,1-3H3. The number of aromatic nitrogens is 2. The molecule has 0 amide bonds. The van der Waals surface area contributed by atoms with Gasteiger partial charge in [0.25, 0.3) is 0 Å². The van der Waals surface area contributed by atoms with Gasteiger partial charge < -0.3 is 10.1 Å². The maximum atomic E-state index is 11.5. The summed E-state index contributed by atoms with van der Waals surface area (Å²) in [5.41, 5.74) is 0.765. The number of ether oxygens (including phenoxy) is 1. The van der Waals surface area contributed by atoms with E-state index in [0.717, 1.165) is 37.3 Å². The molecule has 5 nitrogen and oxygen atoms in total. The molecule has 1 aliphatic carbocycles. The summed E-state index contributed by atoms with van der Waals surface area (Å²) >= 11 is 0. The molecule has 122 valence electrons. The molecule has 0 bridgehead atoms. The maximum Gasteiger partial charge on any atom is 0.306 e. The van der Waals surface area contributed by atoms with E-state index in [-0.39, 0.29) is 5.97 Å². The summed E-state index contributed by atoms with van der Waals surface area (Å²) in [5, 5.41) is 3.34.